The third-order valence-corrected chi connectivity index (χ3v) is 4.80. The average molecular weight is 399 g/mol. The number of nitrogens with zero attached hydrogens (tertiary/aromatic N) is 2. The van der Waals surface area contributed by atoms with Gasteiger partial charge in [-0.1, -0.05) is 24.3 Å². The number of aromatic carboxylic acids is 1. The molecule has 0 aliphatic rings. The van der Waals surface area contributed by atoms with Crippen LogP contribution >= 0.6 is 0 Å². The van der Waals surface area contributed by atoms with Crippen LogP contribution in [0.2, 0.25) is 0 Å². The molecule has 0 unspecified atom stereocenters. The molecule has 0 saturated carbocycles. The van der Waals surface area contributed by atoms with Gasteiger partial charge in [-0.25, -0.2) is 4.79 Å². The van der Waals surface area contributed by atoms with Gasteiger partial charge in [-0.2, -0.15) is 5.26 Å². The van der Waals surface area contributed by atoms with Gasteiger partial charge in [0.1, 0.15) is 11.6 Å². The van der Waals surface area contributed by atoms with Crippen LogP contribution in [-0.4, -0.2) is 21.6 Å². The first-order valence-electron chi connectivity index (χ1n) is 9.33. The van der Waals surface area contributed by atoms with E-state index < -0.39 is 11.9 Å². The number of hydrogen-bond donors (Lipinski definition) is 2. The fourth-order valence-electron chi connectivity index (χ4n) is 3.37. The average Bonchev–Trinajstić information content (AvgIpc) is 2.99. The van der Waals surface area contributed by atoms with Crippen LogP contribution in [0.3, 0.4) is 0 Å². The zero-order chi connectivity index (χ0) is 21.8. The normalized spacial score (nSPS) is 11.1. The lowest BCUT2D eigenvalue weighted by molar-refractivity contribution is -0.112. The number of rotatable bonds is 5. The summed E-state index contributed by atoms with van der Waals surface area (Å²) in [5.41, 5.74) is 4.73. The van der Waals surface area contributed by atoms with Crippen molar-refractivity contribution >= 4 is 23.6 Å². The number of anilines is 1. The molecule has 0 aliphatic heterocycles. The summed E-state index contributed by atoms with van der Waals surface area (Å²) in [5.74, 6) is -1.82. The number of amides is 1. The van der Waals surface area contributed by atoms with Crippen molar-refractivity contribution in [1.29, 1.82) is 5.26 Å². The second-order valence-corrected chi connectivity index (χ2v) is 6.98. The van der Waals surface area contributed by atoms with Crippen molar-refractivity contribution in [3.8, 4) is 11.8 Å². The molecule has 2 N–H and O–H groups in total. The van der Waals surface area contributed by atoms with Crippen molar-refractivity contribution in [2.24, 2.45) is 0 Å². The molecule has 3 aromatic rings. The van der Waals surface area contributed by atoms with Gasteiger partial charge < -0.3 is 15.0 Å². The molecule has 150 valence electrons. The highest BCUT2D eigenvalue weighted by Crippen LogP contribution is 2.24. The third kappa shape index (κ3) is 4.15. The van der Waals surface area contributed by atoms with Gasteiger partial charge in [-0.15, -0.1) is 0 Å². The Hall–Kier alpha value is -4.11. The minimum absolute atomic E-state index is 0.0410. The Kier molecular flexibility index (Phi) is 5.84. The van der Waals surface area contributed by atoms with Crippen molar-refractivity contribution in [1.82, 2.24) is 4.57 Å². The highest BCUT2D eigenvalue weighted by atomic mass is 16.4. The molecule has 1 heterocycles. The molecule has 30 heavy (non-hydrogen) atoms. The fourth-order valence-corrected chi connectivity index (χ4v) is 3.37. The van der Waals surface area contributed by atoms with Crippen molar-refractivity contribution in [2.45, 2.75) is 20.8 Å². The van der Waals surface area contributed by atoms with Crippen LogP contribution in [0.25, 0.3) is 11.8 Å². The van der Waals surface area contributed by atoms with Crippen molar-refractivity contribution in [3.05, 3.63) is 88.2 Å². The molecule has 6 nitrogen and oxygen atoms in total. The van der Waals surface area contributed by atoms with E-state index in [2.05, 4.69) is 16.0 Å². The van der Waals surface area contributed by atoms with E-state index in [1.165, 1.54) is 18.2 Å². The van der Waals surface area contributed by atoms with E-state index in [1.807, 2.05) is 51.1 Å². The van der Waals surface area contributed by atoms with Crippen molar-refractivity contribution < 1.29 is 14.7 Å². The van der Waals surface area contributed by atoms with E-state index in [1.54, 1.807) is 12.1 Å². The van der Waals surface area contributed by atoms with Gasteiger partial charge in [0.15, 0.2) is 0 Å². The van der Waals surface area contributed by atoms with Crippen LogP contribution in [0.5, 0.6) is 0 Å². The molecule has 0 aliphatic carbocycles. The van der Waals surface area contributed by atoms with E-state index in [0.29, 0.717) is 0 Å². The van der Waals surface area contributed by atoms with Gasteiger partial charge in [0.2, 0.25) is 0 Å². The predicted octanol–water partition coefficient (Wildman–Crippen LogP) is 4.65. The maximum atomic E-state index is 12.6. The lowest BCUT2D eigenvalue weighted by Gasteiger charge is -2.10. The van der Waals surface area contributed by atoms with Crippen LogP contribution in [-0.2, 0) is 4.79 Å². The quantitative estimate of drug-likeness (QED) is 0.482. The number of carboxylic acids is 1. The van der Waals surface area contributed by atoms with E-state index in [-0.39, 0.29) is 16.8 Å². The molecule has 0 bridgehead atoms. The molecule has 6 heteroatoms. The van der Waals surface area contributed by atoms with Crippen LogP contribution in [0.4, 0.5) is 5.69 Å². The number of nitrogens with one attached hydrogen (secondary N) is 1. The van der Waals surface area contributed by atoms with Crippen LogP contribution in [0.1, 0.15) is 32.9 Å². The maximum absolute atomic E-state index is 12.6. The fraction of sp³-hybridized carbons (Fsp3) is 0.125. The topological polar surface area (TPSA) is 95.1 Å². The van der Waals surface area contributed by atoms with Crippen LogP contribution < -0.4 is 5.32 Å². The van der Waals surface area contributed by atoms with Gasteiger partial charge in [0.25, 0.3) is 5.91 Å². The number of carbonyl (C=O) groups is 2. The molecule has 0 spiro atoms. The number of benzene rings is 2. The molecule has 0 fully saturated rings. The Bertz CT molecular complexity index is 1210. The van der Waals surface area contributed by atoms with E-state index in [4.69, 9.17) is 0 Å². The van der Waals surface area contributed by atoms with Gasteiger partial charge in [-0.3, -0.25) is 4.79 Å². The Morgan fingerprint density at radius 3 is 2.47 bits per heavy atom. The zero-order valence-corrected chi connectivity index (χ0v) is 16.9. The predicted molar refractivity (Wildman–Crippen MR) is 116 cm³/mol. The van der Waals surface area contributed by atoms with E-state index >= 15 is 0 Å². The van der Waals surface area contributed by atoms with Gasteiger partial charge >= 0.3 is 5.97 Å². The third-order valence-electron chi connectivity index (χ3n) is 4.80. The molecule has 2 aromatic carbocycles. The number of aryl methyl sites for hydroxylation is 2. The number of carbonyl (C=O) groups excluding carboxylic acids is 1. The highest BCUT2D eigenvalue weighted by molar-refractivity contribution is 6.11. The molecule has 0 atom stereocenters. The lowest BCUT2D eigenvalue weighted by Crippen LogP contribution is -2.16. The molecular formula is C24H21N3O3. The van der Waals surface area contributed by atoms with Gasteiger partial charge in [0.05, 0.1) is 11.3 Å². The maximum Gasteiger partial charge on any atom is 0.337 e. The Balaban J connectivity index is 1.96. The molecule has 1 amide bonds. The van der Waals surface area contributed by atoms with Crippen molar-refractivity contribution in [3.63, 3.8) is 0 Å². The Morgan fingerprint density at radius 2 is 1.80 bits per heavy atom. The highest BCUT2D eigenvalue weighted by Gasteiger charge is 2.16. The standard InChI is InChI=1S/C24H21N3O3/c1-15-7-6-8-20(11-15)27-16(2)12-18(17(27)3)13-19(14-25)23(28)26-22-10-5-4-9-21(22)24(29)30/h4-13H,1-3H3,(H,26,28)(H,29,30)/b19-13+. The molecule has 3 rings (SSSR count). The molecule has 0 radical (unpaired) electrons. The Labute approximate surface area is 174 Å². The second-order valence-electron chi connectivity index (χ2n) is 6.98. The van der Waals surface area contributed by atoms with E-state index in [0.717, 1.165) is 28.2 Å². The summed E-state index contributed by atoms with van der Waals surface area (Å²) in [7, 11) is 0. The first kappa shape index (κ1) is 20.6. The summed E-state index contributed by atoms with van der Waals surface area (Å²) in [6, 6.07) is 18.0. The van der Waals surface area contributed by atoms with E-state index in [9.17, 15) is 20.0 Å². The first-order valence-corrected chi connectivity index (χ1v) is 9.33. The number of aromatic nitrogens is 1. The van der Waals surface area contributed by atoms with Crippen LogP contribution in [0, 0.1) is 32.1 Å². The summed E-state index contributed by atoms with van der Waals surface area (Å²) in [5, 5.41) is 21.3. The number of nitriles is 1. The summed E-state index contributed by atoms with van der Waals surface area (Å²) in [6.45, 7) is 5.90. The number of hydrogen-bond acceptors (Lipinski definition) is 3. The monoisotopic (exact) mass is 399 g/mol. The minimum Gasteiger partial charge on any atom is -0.478 e. The first-order chi connectivity index (χ1) is 14.3. The van der Waals surface area contributed by atoms with Crippen LogP contribution in [0.15, 0.2) is 60.2 Å². The Morgan fingerprint density at radius 1 is 1.07 bits per heavy atom. The van der Waals surface area contributed by atoms with Crippen molar-refractivity contribution in [2.75, 3.05) is 5.32 Å². The summed E-state index contributed by atoms with van der Waals surface area (Å²) in [4.78, 5) is 24.0. The molecule has 1 aromatic heterocycles. The largest absolute Gasteiger partial charge is 0.478 e. The smallest absolute Gasteiger partial charge is 0.337 e. The lowest BCUT2D eigenvalue weighted by atomic mass is 10.1. The zero-order valence-electron chi connectivity index (χ0n) is 16.9. The summed E-state index contributed by atoms with van der Waals surface area (Å²) in [6.07, 6.45) is 1.52. The summed E-state index contributed by atoms with van der Waals surface area (Å²) >= 11 is 0. The SMILES string of the molecule is Cc1cccc(-n2c(C)cc(/C=C(\C#N)C(=O)Nc3ccccc3C(=O)O)c2C)c1. The van der Waals surface area contributed by atoms with Gasteiger partial charge in [-0.05, 0) is 68.3 Å². The van der Waals surface area contributed by atoms with Gasteiger partial charge in [0, 0.05) is 17.1 Å². The number of carboxylic acid groups (broad SMARTS) is 1. The molecular weight excluding hydrogens is 378 g/mol. The molecule has 0 saturated heterocycles. The second kappa shape index (κ2) is 8.50. The summed E-state index contributed by atoms with van der Waals surface area (Å²) < 4.78 is 2.06. The number of para-hydroxylation sites is 1. The minimum atomic E-state index is -1.16.